The van der Waals surface area contributed by atoms with Gasteiger partial charge in [0, 0.05) is 27.9 Å². The molecule has 12 aromatic rings. The summed E-state index contributed by atoms with van der Waals surface area (Å²) in [6.45, 7) is 23.3. The number of aryl methyl sites for hydroxylation is 7. The predicted octanol–water partition coefficient (Wildman–Crippen LogP) is 26.1. The van der Waals surface area contributed by atoms with Crippen LogP contribution in [0.15, 0.2) is 312 Å². The zero-order valence-electron chi connectivity index (χ0n) is 69.2. The first kappa shape index (κ1) is 111. The van der Waals surface area contributed by atoms with E-state index < -0.39 is 100 Å². The van der Waals surface area contributed by atoms with Gasteiger partial charge in [-0.1, -0.05) is 374 Å². The molecule has 0 saturated carbocycles. The first-order valence-electron chi connectivity index (χ1n) is 36.4. The molecule has 0 saturated heterocycles. The molecular formula is C94H105Cl3F5N6O6Ru3S3+3. The quantitative estimate of drug-likeness (QED) is 0.0217. The second-order valence-corrected chi connectivity index (χ2v) is 32.3. The molecule has 0 heterocycles. The van der Waals surface area contributed by atoms with Crippen molar-refractivity contribution in [1.29, 1.82) is 0 Å². The minimum atomic E-state index is -5.34. The molecule has 6 N–H and O–H groups in total. The molecule has 12 nitrogen and oxygen atoms in total. The fourth-order valence-electron chi connectivity index (χ4n) is 11.5. The molecule has 0 aromatic heterocycles. The van der Waals surface area contributed by atoms with Gasteiger partial charge >= 0.3 is 81.0 Å². The summed E-state index contributed by atoms with van der Waals surface area (Å²) in [7, 11) is 0.706. The Bertz CT molecular complexity index is 4960. The summed E-state index contributed by atoms with van der Waals surface area (Å²) in [6, 6.07) is 85.5. The molecule has 0 fully saturated rings. The average Bonchev–Trinajstić information content (AvgIpc) is 0.758. The van der Waals surface area contributed by atoms with Gasteiger partial charge in [0.15, 0.2) is 23.3 Å². The molecule has 0 aliphatic heterocycles. The zero-order valence-corrected chi connectivity index (χ0v) is 79.2. The van der Waals surface area contributed by atoms with E-state index in [9.17, 15) is 47.2 Å². The number of benzene rings is 12. The minimum absolute atomic E-state index is 0. The van der Waals surface area contributed by atoms with Gasteiger partial charge in [0.2, 0.25) is 5.82 Å². The normalized spacial score (nSPS) is 12.1. The molecule has 0 aliphatic rings. The van der Waals surface area contributed by atoms with Crippen LogP contribution in [0.1, 0.15) is 159 Å². The Balaban J connectivity index is 0.000000744. The fraction of sp³-hybridized carbons (Fsp3) is 0.202. The maximum atomic E-state index is 14.1. The van der Waals surface area contributed by atoms with Crippen LogP contribution < -0.4 is 17.2 Å². The predicted molar refractivity (Wildman–Crippen MR) is 476 cm³/mol. The van der Waals surface area contributed by atoms with Crippen molar-refractivity contribution < 1.29 is 99.1 Å². The number of hydrogen-bond donors (Lipinski definition) is 3. The summed E-state index contributed by atoms with van der Waals surface area (Å²) >= 11 is 5.47. The van der Waals surface area contributed by atoms with Crippen molar-refractivity contribution in [1.82, 2.24) is 0 Å². The molecule has 0 spiro atoms. The van der Waals surface area contributed by atoms with Gasteiger partial charge in [-0.15, -0.1) is 0 Å². The van der Waals surface area contributed by atoms with Gasteiger partial charge < -0.3 is 53.6 Å². The van der Waals surface area contributed by atoms with E-state index in [4.69, 9.17) is 17.2 Å². The standard InChI is InChI=1S/2C21H21N2O2S.C20H14F5N2O2S.2C10H14.C9H12.3CH3.3ClH.3Ru/c2*1-16-12-14-19(15-13-16)26(24,25)23-21(18-10-6-3-7-11-18)20(22)17-8-4-2-5-9-17;21-13-14(22)16(24)20(17(25)15(13)23)30(28,29)27-19(12-9-5-2-6-10-12)18(26)11-7-3-1-4-8-11;2*1-8(2)10-6-4-9(3)5-7-10;1-7-4-8(2)6-9(3)5-7;;;;;;;;;/h2*2-15,20-21H,22H2,1H3;1-10,18-19H,26H2;2*4-8H,1-3H3;4-6H,1-3H3;3*1H3;3*1H;;;/q3*-1;;;;3*-1;;;;3*+4/p-3. The SMILES string of the molecule is Cc1cc(C)cc(C)c1.Cc1ccc(C(C)C)cc1.Cc1ccc(C(C)C)cc1.Cc1ccc(S(=O)(=O)[N-]C(c2ccccc2)C(N)c2ccccc2)cc1.Cc1ccc(S(=O)(=O)[N-]C(c2ccccc2)C(N)c2ccccc2)cc1.NC(c1ccccc1)C([N-]S(=O)(=O)c1c(F)c(F)c(F)c(F)c1F)c1ccccc1.[CH3-].[CH3-].[CH3-].[Cl][Ru+3].[Cl][Ru+3].[Cl][Ru+3]. The summed E-state index contributed by atoms with van der Waals surface area (Å²) in [5.41, 5.74) is 34.5. The number of halogens is 8. The molecule has 0 amide bonds. The Labute approximate surface area is 753 Å². The van der Waals surface area contributed by atoms with Gasteiger partial charge in [-0.05, 0) is 112 Å². The van der Waals surface area contributed by atoms with Gasteiger partial charge in [0.25, 0.3) is 0 Å². The number of sulfonamides is 3. The second kappa shape index (κ2) is 56.4. The van der Waals surface area contributed by atoms with Crippen LogP contribution >= 0.6 is 29.1 Å². The van der Waals surface area contributed by atoms with Crippen molar-refractivity contribution in [3.63, 3.8) is 0 Å². The van der Waals surface area contributed by atoms with E-state index in [0.29, 0.717) is 17.4 Å². The second-order valence-electron chi connectivity index (χ2n) is 27.4. The Kier molecular flexibility index (Phi) is 52.0. The molecule has 120 heavy (non-hydrogen) atoms. The van der Waals surface area contributed by atoms with Gasteiger partial charge in [0.05, 0.1) is 0 Å². The van der Waals surface area contributed by atoms with Crippen LogP contribution in [0.3, 0.4) is 0 Å². The van der Waals surface area contributed by atoms with E-state index in [-0.39, 0.29) is 37.6 Å². The van der Waals surface area contributed by atoms with E-state index in [1.807, 2.05) is 187 Å². The van der Waals surface area contributed by atoms with Crippen LogP contribution in [-0.2, 0) is 82.0 Å². The van der Waals surface area contributed by atoms with Gasteiger partial charge in [0.1, 0.15) is 35.0 Å². The monoisotopic (exact) mass is 2020 g/mol. The molecule has 26 heteroatoms. The van der Waals surface area contributed by atoms with Crippen molar-refractivity contribution in [2.45, 2.75) is 139 Å². The van der Waals surface area contributed by atoms with Crippen molar-refractivity contribution in [2.75, 3.05) is 0 Å². The third-order valence-corrected chi connectivity index (χ3v) is 21.8. The number of hydrogen-bond acceptors (Lipinski definition) is 9. The summed E-state index contributed by atoms with van der Waals surface area (Å²) in [6.07, 6.45) is 0. The van der Waals surface area contributed by atoms with Crippen molar-refractivity contribution in [3.8, 4) is 0 Å². The summed E-state index contributed by atoms with van der Waals surface area (Å²) in [5.74, 6) is -10.9. The zero-order chi connectivity index (χ0) is 87.2. The summed E-state index contributed by atoms with van der Waals surface area (Å²) < 4.78 is 157. The maximum absolute atomic E-state index is 14.1. The number of nitrogens with two attached hydrogens (primary N) is 3. The first-order valence-corrected chi connectivity index (χ1v) is 47.4. The van der Waals surface area contributed by atoms with Crippen LogP contribution in [0.4, 0.5) is 22.0 Å². The van der Waals surface area contributed by atoms with Crippen LogP contribution in [-0.4, -0.2) is 25.3 Å². The van der Waals surface area contributed by atoms with Crippen LogP contribution in [0.5, 0.6) is 0 Å². The Hall–Kier alpha value is -7.36. The topological polar surface area (TPSA) is 223 Å². The molecule has 642 valence electrons. The van der Waals surface area contributed by atoms with Gasteiger partial charge in [-0.25, -0.2) is 47.2 Å². The first-order chi connectivity index (χ1) is 55.7. The van der Waals surface area contributed by atoms with Gasteiger partial charge in [-0.3, -0.25) is 0 Å². The molecule has 6 unspecified atom stereocenters. The third-order valence-electron chi connectivity index (χ3n) is 17.7. The molecule has 0 bridgehead atoms. The fourth-order valence-corrected chi connectivity index (χ4v) is 15.1. The molecule has 12 aromatic carbocycles. The van der Waals surface area contributed by atoms with Crippen molar-refractivity contribution >= 4 is 59.1 Å². The summed E-state index contributed by atoms with van der Waals surface area (Å²) in [5, 5.41) is 0. The summed E-state index contributed by atoms with van der Waals surface area (Å²) in [4.78, 5) is -1.69. The van der Waals surface area contributed by atoms with Crippen LogP contribution in [0, 0.1) is 99.8 Å². The molecule has 12 rings (SSSR count). The number of rotatable bonds is 20. The average molecular weight is 2020 g/mol. The van der Waals surface area contributed by atoms with E-state index in [0.717, 1.165) is 33.4 Å². The Morgan fingerprint density at radius 2 is 0.442 bits per heavy atom. The van der Waals surface area contributed by atoms with Crippen molar-refractivity contribution in [3.05, 3.63) is 446 Å². The van der Waals surface area contributed by atoms with E-state index in [1.165, 1.54) is 51.1 Å². The van der Waals surface area contributed by atoms with Crippen LogP contribution in [0.25, 0.3) is 14.2 Å². The van der Waals surface area contributed by atoms with Crippen molar-refractivity contribution in [2.24, 2.45) is 17.2 Å². The van der Waals surface area contributed by atoms with E-state index in [1.54, 1.807) is 97.1 Å². The third kappa shape index (κ3) is 35.5. The Morgan fingerprint density at radius 3 is 0.650 bits per heavy atom. The number of nitrogens with zero attached hydrogens (tertiary/aromatic N) is 3. The molecule has 0 aliphatic carbocycles. The molecule has 0 radical (unpaired) electrons. The Morgan fingerprint density at radius 1 is 0.258 bits per heavy atom. The van der Waals surface area contributed by atoms with E-state index >= 15 is 0 Å². The van der Waals surface area contributed by atoms with Gasteiger partial charge in [-0.2, -0.15) is 0 Å². The van der Waals surface area contributed by atoms with Crippen LogP contribution in [0.2, 0.25) is 0 Å². The molecule has 6 atom stereocenters. The van der Waals surface area contributed by atoms with E-state index in [2.05, 4.69) is 172 Å². The molecular weight excluding hydrogens is 1910 g/mol.